The molecule has 0 atom stereocenters. The van der Waals surface area contributed by atoms with E-state index in [1.54, 1.807) is 0 Å². The van der Waals surface area contributed by atoms with E-state index in [1.165, 1.54) is 12.1 Å². The van der Waals surface area contributed by atoms with Crippen molar-refractivity contribution in [1.29, 1.82) is 0 Å². The Morgan fingerprint density at radius 1 is 0.885 bits per heavy atom. The fourth-order valence-electron chi connectivity index (χ4n) is 3.51. The number of benzene rings is 2. The zero-order valence-corrected chi connectivity index (χ0v) is 15.3. The monoisotopic (exact) mass is 376 g/mol. The SMILES string of the molecule is Fc1ccc(CN2CCCN(Cc3cc4c(cc3Cl)OCO4)CC2)cc1. The first-order valence-corrected chi connectivity index (χ1v) is 9.32. The summed E-state index contributed by atoms with van der Waals surface area (Å²) in [5, 5.41) is 0.724. The van der Waals surface area contributed by atoms with Gasteiger partial charge in [0.25, 0.3) is 0 Å². The lowest BCUT2D eigenvalue weighted by molar-refractivity contribution is 0.174. The first-order chi connectivity index (χ1) is 12.7. The van der Waals surface area contributed by atoms with Gasteiger partial charge in [-0.1, -0.05) is 23.7 Å². The molecule has 2 aliphatic rings. The molecule has 0 saturated carbocycles. The minimum absolute atomic E-state index is 0.184. The number of hydrogen-bond acceptors (Lipinski definition) is 4. The highest BCUT2D eigenvalue weighted by Crippen LogP contribution is 2.37. The van der Waals surface area contributed by atoms with E-state index in [4.69, 9.17) is 21.1 Å². The molecule has 0 spiro atoms. The number of nitrogens with zero attached hydrogens (tertiary/aromatic N) is 2. The molecule has 0 amide bonds. The van der Waals surface area contributed by atoms with Crippen LogP contribution < -0.4 is 9.47 Å². The minimum Gasteiger partial charge on any atom is -0.454 e. The van der Waals surface area contributed by atoms with Crippen molar-refractivity contribution in [1.82, 2.24) is 9.80 Å². The Labute approximate surface area is 158 Å². The van der Waals surface area contributed by atoms with Crippen molar-refractivity contribution in [3.05, 3.63) is 58.4 Å². The van der Waals surface area contributed by atoms with E-state index in [1.807, 2.05) is 24.3 Å². The van der Waals surface area contributed by atoms with Crippen LogP contribution in [-0.2, 0) is 13.1 Å². The topological polar surface area (TPSA) is 24.9 Å². The Hall–Kier alpha value is -1.82. The molecule has 0 aliphatic carbocycles. The first-order valence-electron chi connectivity index (χ1n) is 8.94. The lowest BCUT2D eigenvalue weighted by Crippen LogP contribution is -2.30. The van der Waals surface area contributed by atoms with Gasteiger partial charge < -0.3 is 9.47 Å². The highest BCUT2D eigenvalue weighted by molar-refractivity contribution is 6.31. The summed E-state index contributed by atoms with van der Waals surface area (Å²) in [7, 11) is 0. The lowest BCUT2D eigenvalue weighted by Gasteiger charge is -2.22. The zero-order valence-electron chi connectivity index (χ0n) is 14.6. The second kappa shape index (κ2) is 7.82. The summed E-state index contributed by atoms with van der Waals surface area (Å²) < 4.78 is 23.9. The van der Waals surface area contributed by atoms with Crippen LogP contribution in [0.15, 0.2) is 36.4 Å². The molecule has 4 nitrogen and oxygen atoms in total. The Kier molecular flexibility index (Phi) is 5.29. The second-order valence-corrected chi connectivity index (χ2v) is 7.24. The molecule has 0 N–H and O–H groups in total. The minimum atomic E-state index is -0.184. The van der Waals surface area contributed by atoms with E-state index < -0.39 is 0 Å². The Balaban J connectivity index is 1.36. The summed E-state index contributed by atoms with van der Waals surface area (Å²) in [5.74, 6) is 1.31. The molecule has 2 aliphatic heterocycles. The van der Waals surface area contributed by atoms with Gasteiger partial charge in [-0.25, -0.2) is 4.39 Å². The number of hydrogen-bond donors (Lipinski definition) is 0. The van der Waals surface area contributed by atoms with Gasteiger partial charge >= 0.3 is 0 Å². The summed E-state index contributed by atoms with van der Waals surface area (Å²) in [6.45, 7) is 5.97. The van der Waals surface area contributed by atoms with Crippen molar-refractivity contribution < 1.29 is 13.9 Å². The van der Waals surface area contributed by atoms with Gasteiger partial charge in [0.1, 0.15) is 5.82 Å². The normalized spacial score (nSPS) is 18.1. The van der Waals surface area contributed by atoms with Gasteiger partial charge in [0.2, 0.25) is 6.79 Å². The molecule has 1 saturated heterocycles. The first kappa shape index (κ1) is 17.6. The maximum atomic E-state index is 13.1. The Morgan fingerprint density at radius 2 is 1.54 bits per heavy atom. The molecular formula is C20H22ClFN2O2. The predicted octanol–water partition coefficient (Wildman–Crippen LogP) is 3.92. The lowest BCUT2D eigenvalue weighted by atomic mass is 10.2. The van der Waals surface area contributed by atoms with Gasteiger partial charge in [-0.05, 0) is 48.8 Å². The number of ether oxygens (including phenoxy) is 2. The van der Waals surface area contributed by atoms with Crippen LogP contribution in [0.5, 0.6) is 11.5 Å². The molecule has 2 aromatic carbocycles. The van der Waals surface area contributed by atoms with Gasteiger partial charge in [0.05, 0.1) is 0 Å². The molecule has 1 fully saturated rings. The van der Waals surface area contributed by atoms with Gasteiger partial charge in [-0.2, -0.15) is 0 Å². The number of fused-ring (bicyclic) bond motifs is 1. The standard InChI is InChI=1S/C20H22ClFN2O2/c21-18-11-20-19(25-14-26-20)10-16(18)13-24-7-1-6-23(8-9-24)12-15-2-4-17(22)5-3-15/h2-5,10-11H,1,6-9,12-14H2. The predicted molar refractivity (Wildman–Crippen MR) is 99.1 cm³/mol. The smallest absolute Gasteiger partial charge is 0.231 e. The summed E-state index contributed by atoms with van der Waals surface area (Å²) in [5.41, 5.74) is 2.22. The average Bonchev–Trinajstić information content (AvgIpc) is 2.96. The molecule has 0 unspecified atom stereocenters. The third kappa shape index (κ3) is 4.11. The Bertz CT molecular complexity index is 769. The van der Waals surface area contributed by atoms with Gasteiger partial charge in [0.15, 0.2) is 11.5 Å². The van der Waals surface area contributed by atoms with Crippen molar-refractivity contribution >= 4 is 11.6 Å². The highest BCUT2D eigenvalue weighted by Gasteiger charge is 2.20. The van der Waals surface area contributed by atoms with E-state index in [0.29, 0.717) is 0 Å². The molecule has 26 heavy (non-hydrogen) atoms. The molecule has 0 aromatic heterocycles. The average molecular weight is 377 g/mol. The van der Waals surface area contributed by atoms with Crippen molar-refractivity contribution in [2.75, 3.05) is 33.0 Å². The van der Waals surface area contributed by atoms with Crippen LogP contribution in [0.1, 0.15) is 17.5 Å². The molecular weight excluding hydrogens is 355 g/mol. The highest BCUT2D eigenvalue weighted by atomic mass is 35.5. The van der Waals surface area contributed by atoms with Crippen LogP contribution in [0.3, 0.4) is 0 Å². The van der Waals surface area contributed by atoms with Crippen LogP contribution in [0, 0.1) is 5.82 Å². The summed E-state index contributed by atoms with van der Waals surface area (Å²) >= 11 is 6.41. The van der Waals surface area contributed by atoms with Gasteiger partial charge in [-0.3, -0.25) is 9.80 Å². The van der Waals surface area contributed by atoms with Crippen LogP contribution in [-0.4, -0.2) is 42.8 Å². The second-order valence-electron chi connectivity index (χ2n) is 6.83. The van der Waals surface area contributed by atoms with E-state index in [2.05, 4.69) is 9.80 Å². The summed E-state index contributed by atoms with van der Waals surface area (Å²) in [6, 6.07) is 10.6. The van der Waals surface area contributed by atoms with Gasteiger partial charge in [-0.15, -0.1) is 0 Å². The van der Waals surface area contributed by atoms with Crippen LogP contribution in [0.2, 0.25) is 5.02 Å². The molecule has 0 bridgehead atoms. The number of halogens is 2. The van der Waals surface area contributed by atoms with Crippen molar-refractivity contribution in [2.45, 2.75) is 19.5 Å². The van der Waals surface area contributed by atoms with Crippen molar-refractivity contribution in [2.24, 2.45) is 0 Å². The van der Waals surface area contributed by atoms with E-state index >= 15 is 0 Å². The summed E-state index contributed by atoms with van der Waals surface area (Å²) in [6.07, 6.45) is 1.10. The zero-order chi connectivity index (χ0) is 17.9. The largest absolute Gasteiger partial charge is 0.454 e. The van der Waals surface area contributed by atoms with E-state index in [0.717, 1.165) is 73.3 Å². The van der Waals surface area contributed by atoms with Crippen LogP contribution in [0.25, 0.3) is 0 Å². The van der Waals surface area contributed by atoms with Gasteiger partial charge in [0, 0.05) is 37.3 Å². The van der Waals surface area contributed by atoms with E-state index in [-0.39, 0.29) is 12.6 Å². The molecule has 2 aromatic rings. The molecule has 0 radical (unpaired) electrons. The molecule has 138 valence electrons. The Morgan fingerprint density at radius 3 is 2.27 bits per heavy atom. The number of rotatable bonds is 4. The maximum absolute atomic E-state index is 13.1. The maximum Gasteiger partial charge on any atom is 0.231 e. The third-order valence-corrected chi connectivity index (χ3v) is 5.29. The van der Waals surface area contributed by atoms with Crippen molar-refractivity contribution in [3.63, 3.8) is 0 Å². The van der Waals surface area contributed by atoms with Crippen molar-refractivity contribution in [3.8, 4) is 11.5 Å². The van der Waals surface area contributed by atoms with Crippen LogP contribution in [0.4, 0.5) is 4.39 Å². The van der Waals surface area contributed by atoms with Crippen LogP contribution >= 0.6 is 11.6 Å². The molecule has 4 rings (SSSR count). The fourth-order valence-corrected chi connectivity index (χ4v) is 3.72. The fraction of sp³-hybridized carbons (Fsp3) is 0.400. The quantitative estimate of drug-likeness (QED) is 0.807. The molecule has 6 heteroatoms. The summed E-state index contributed by atoms with van der Waals surface area (Å²) in [4.78, 5) is 4.85. The third-order valence-electron chi connectivity index (χ3n) is 4.94. The van der Waals surface area contributed by atoms with E-state index in [9.17, 15) is 4.39 Å². The molecule has 2 heterocycles.